The minimum Gasteiger partial charge on any atom is -1.00 e. The van der Waals surface area contributed by atoms with E-state index in [1.54, 1.807) is 31.0 Å². The topological polar surface area (TPSA) is 0 Å². The normalized spacial score (nSPS) is 32.7. The van der Waals surface area contributed by atoms with Crippen molar-refractivity contribution >= 4 is 8.07 Å². The summed E-state index contributed by atoms with van der Waals surface area (Å²) in [5, 5.41) is 0. The van der Waals surface area contributed by atoms with Crippen LogP contribution in [-0.2, 0) is 19.2 Å². The zero-order valence-corrected chi connectivity index (χ0v) is 18.0. The van der Waals surface area contributed by atoms with E-state index in [0.717, 1.165) is 9.26 Å². The summed E-state index contributed by atoms with van der Waals surface area (Å²) in [6.07, 6.45) is 21.8. The summed E-state index contributed by atoms with van der Waals surface area (Å²) in [4.78, 5) is 0. The minimum absolute atomic E-state index is 0. The molecule has 4 heteroatoms. The van der Waals surface area contributed by atoms with Crippen molar-refractivity contribution < 1.29 is 44.0 Å². The Balaban J connectivity index is 0.000000960. The molecule has 124 valence electrons. The number of fused-ring (bicyclic) bond motifs is 1. The zero-order valence-electron chi connectivity index (χ0n) is 14.0. The van der Waals surface area contributed by atoms with Gasteiger partial charge < -0.3 is 24.8 Å². The molecule has 1 saturated heterocycles. The van der Waals surface area contributed by atoms with E-state index in [9.17, 15) is 0 Å². The number of allylic oxidation sites excluding steroid dienone is 8. The maximum Gasteiger partial charge on any atom is -1.00 e. The van der Waals surface area contributed by atoms with Crippen LogP contribution in [0.25, 0.3) is 0 Å². The van der Waals surface area contributed by atoms with Crippen LogP contribution in [0.1, 0.15) is 39.0 Å². The fourth-order valence-electron chi connectivity index (χ4n) is 5.32. The molecule has 2 fully saturated rings. The van der Waals surface area contributed by atoms with E-state index in [1.165, 1.54) is 19.3 Å². The van der Waals surface area contributed by atoms with Crippen LogP contribution in [0.3, 0.4) is 0 Å². The summed E-state index contributed by atoms with van der Waals surface area (Å²) in [7, 11) is -1.02. The Hall–Kier alpha value is 0.471. The Labute approximate surface area is 163 Å². The first-order valence-corrected chi connectivity index (χ1v) is 13.0. The van der Waals surface area contributed by atoms with Crippen molar-refractivity contribution in [3.8, 4) is 0 Å². The van der Waals surface area contributed by atoms with E-state index in [4.69, 9.17) is 0 Å². The monoisotopic (exact) mass is 400 g/mol. The van der Waals surface area contributed by atoms with E-state index in [2.05, 4.69) is 43.4 Å². The van der Waals surface area contributed by atoms with Crippen LogP contribution >= 0.6 is 0 Å². The molecule has 0 aromatic rings. The van der Waals surface area contributed by atoms with Crippen molar-refractivity contribution in [3.63, 3.8) is 0 Å². The van der Waals surface area contributed by atoms with Gasteiger partial charge in [-0.25, -0.2) is 0 Å². The largest absolute Gasteiger partial charge is 1.00 e. The van der Waals surface area contributed by atoms with Gasteiger partial charge in [-0.1, -0.05) is 0 Å². The fraction of sp³-hybridized carbons (Fsp3) is 0.579. The van der Waals surface area contributed by atoms with Gasteiger partial charge in [0.2, 0.25) is 0 Å². The van der Waals surface area contributed by atoms with Gasteiger partial charge in [0, 0.05) is 0 Å². The van der Waals surface area contributed by atoms with E-state index in [-0.39, 0.29) is 44.0 Å². The van der Waals surface area contributed by atoms with Crippen molar-refractivity contribution in [2.24, 2.45) is 5.92 Å². The number of halogens is 2. The molecule has 23 heavy (non-hydrogen) atoms. The van der Waals surface area contributed by atoms with Crippen molar-refractivity contribution in [1.82, 2.24) is 0 Å². The summed E-state index contributed by atoms with van der Waals surface area (Å²) in [6, 6.07) is 4.83. The second kappa shape index (κ2) is 7.79. The average molecular weight is 401 g/mol. The summed E-state index contributed by atoms with van der Waals surface area (Å²) in [5.74, 6) is 0.922. The Morgan fingerprint density at radius 3 is 2.57 bits per heavy atom. The molecule has 2 atom stereocenters. The molecule has 1 aliphatic heterocycles. The number of hydrogen-bond donors (Lipinski definition) is 0. The van der Waals surface area contributed by atoms with Crippen molar-refractivity contribution in [2.75, 3.05) is 0 Å². The van der Waals surface area contributed by atoms with Gasteiger partial charge in [0.15, 0.2) is 0 Å². The molecule has 0 radical (unpaired) electrons. The molecule has 4 aliphatic rings. The Morgan fingerprint density at radius 2 is 1.96 bits per heavy atom. The molecule has 0 aromatic carbocycles. The summed E-state index contributed by atoms with van der Waals surface area (Å²) in [5.41, 5.74) is 1.95. The summed E-state index contributed by atoms with van der Waals surface area (Å²) < 4.78 is 2.60. The Morgan fingerprint density at radius 1 is 1.17 bits per heavy atom. The fourth-order valence-corrected chi connectivity index (χ4v) is 17.0. The van der Waals surface area contributed by atoms with Crippen LogP contribution in [0.15, 0.2) is 45.9 Å². The molecule has 1 saturated carbocycles. The molecule has 4 rings (SSSR count). The van der Waals surface area contributed by atoms with Crippen LogP contribution in [0.2, 0.25) is 21.5 Å². The van der Waals surface area contributed by atoms with E-state index in [0.29, 0.717) is 0 Å². The van der Waals surface area contributed by atoms with Gasteiger partial charge in [-0.15, -0.1) is 0 Å². The summed E-state index contributed by atoms with van der Waals surface area (Å²) >= 11 is 0.0274. The SMILES string of the molecule is CC[Si]1([C]2([Ti+2][C]3=CC=CC3)CCC3CC=CC=C32)CCC1.[Cl-].[Cl-]. The number of hydrogen-bond acceptors (Lipinski definition) is 0. The first-order chi connectivity index (χ1) is 10.3. The van der Waals surface area contributed by atoms with Crippen molar-refractivity contribution in [2.45, 2.75) is 60.5 Å². The molecule has 0 amide bonds. The molecule has 0 N–H and O–H groups in total. The van der Waals surface area contributed by atoms with Gasteiger partial charge >= 0.3 is 140 Å². The van der Waals surface area contributed by atoms with Crippen LogP contribution in [0, 0.1) is 5.92 Å². The molecule has 0 nitrogen and oxygen atoms in total. The molecule has 3 aliphatic carbocycles. The smallest absolute Gasteiger partial charge is 1.00 e. The number of rotatable bonds is 4. The van der Waals surface area contributed by atoms with Crippen LogP contribution in [0.5, 0.6) is 0 Å². The van der Waals surface area contributed by atoms with Crippen molar-refractivity contribution in [1.29, 1.82) is 0 Å². The maximum absolute atomic E-state index is 2.58. The van der Waals surface area contributed by atoms with Crippen LogP contribution in [0.4, 0.5) is 0 Å². The quantitative estimate of drug-likeness (QED) is 0.572. The second-order valence-corrected chi connectivity index (χ2v) is 16.0. The minimum atomic E-state index is -1.02. The molecule has 0 bridgehead atoms. The third-order valence-electron chi connectivity index (χ3n) is 6.67. The average Bonchev–Trinajstić information content (AvgIpc) is 3.09. The molecule has 2 unspecified atom stereocenters. The third-order valence-corrected chi connectivity index (χ3v) is 18.6. The van der Waals surface area contributed by atoms with Gasteiger partial charge in [0.1, 0.15) is 0 Å². The van der Waals surface area contributed by atoms with Gasteiger partial charge in [-0.3, -0.25) is 0 Å². The first kappa shape index (κ1) is 19.8. The molecular weight excluding hydrogens is 375 g/mol. The first-order valence-electron chi connectivity index (χ1n) is 8.81. The van der Waals surface area contributed by atoms with Crippen LogP contribution < -0.4 is 24.8 Å². The van der Waals surface area contributed by atoms with E-state index in [1.807, 2.05) is 9.45 Å². The maximum atomic E-state index is 2.58. The zero-order chi connectivity index (χ0) is 14.3. The standard InChI is InChI=1S/C14H21Si.C5H5.2ClH.Ti/c1-2-15(10-5-11-15)14-9-8-12-6-3-4-7-13(12)14;1-2-4-5-3-1;;;/h3-4,7,12H,2,5-6,8-11H2,1H3;1-3H,4H2;2*1H;/q;;;;+2/p-2. The van der Waals surface area contributed by atoms with E-state index < -0.39 is 8.07 Å². The van der Waals surface area contributed by atoms with Crippen molar-refractivity contribution in [3.05, 3.63) is 45.9 Å². The van der Waals surface area contributed by atoms with Gasteiger partial charge in [0.25, 0.3) is 0 Å². The van der Waals surface area contributed by atoms with Gasteiger partial charge in [0.05, 0.1) is 0 Å². The second-order valence-electron chi connectivity index (χ2n) is 7.36. The molecule has 0 aromatic heterocycles. The molecular formula is C19H26Cl2SiTi. The Bertz CT molecular complexity index is 554. The Kier molecular flexibility index (Phi) is 6.70. The van der Waals surface area contributed by atoms with Crippen LogP contribution in [-0.4, -0.2) is 8.07 Å². The predicted octanol–water partition coefficient (Wildman–Crippen LogP) is -0.213. The predicted molar refractivity (Wildman–Crippen MR) is 89.6 cm³/mol. The summed E-state index contributed by atoms with van der Waals surface area (Å²) in [6.45, 7) is 2.53. The van der Waals surface area contributed by atoms with Gasteiger partial charge in [-0.05, 0) is 0 Å². The third kappa shape index (κ3) is 3.06. The molecule has 0 spiro atoms. The van der Waals surface area contributed by atoms with E-state index >= 15 is 0 Å². The molecule has 1 heterocycles. The van der Waals surface area contributed by atoms with Gasteiger partial charge in [-0.2, -0.15) is 0 Å².